The summed E-state index contributed by atoms with van der Waals surface area (Å²) in [6.07, 6.45) is 0.954. The molecule has 1 aliphatic heterocycles. The Labute approximate surface area is 198 Å². The van der Waals surface area contributed by atoms with Gasteiger partial charge >= 0.3 is 5.97 Å². The number of carboxylic acids is 1. The Morgan fingerprint density at radius 1 is 1.03 bits per heavy atom. The number of aromatic nitrogens is 1. The van der Waals surface area contributed by atoms with Crippen LogP contribution in [0, 0.1) is 17.5 Å². The number of carbonyl (C=O) groups excluding carboxylic acids is 1. The second-order valence-corrected chi connectivity index (χ2v) is 7.91. The average molecular weight is 496 g/mol. The molecule has 1 N–H and O–H groups in total. The molecule has 1 saturated heterocycles. The molecule has 0 bridgehead atoms. The number of halogens is 4. The molecule has 4 rings (SSSR count). The molecule has 180 valence electrons. The first-order chi connectivity index (χ1) is 15.7. The van der Waals surface area contributed by atoms with Crippen LogP contribution in [-0.2, 0) is 4.79 Å². The number of carboxylic acid groups (broad SMARTS) is 1. The standard InChI is InChI=1S/C23H20F3N3O4.ClH/c1-13(30)11-27-6-8-28(9-7-27)21-18(25)10-16-20(19(21)26)29(12-17(22(16)31)23(32)33)15-4-2-14(24)3-5-15;/h2-5,10,12H,6-9,11H2,1H3,(H,32,33);1H. The fourth-order valence-corrected chi connectivity index (χ4v) is 4.10. The van der Waals surface area contributed by atoms with Gasteiger partial charge in [0.2, 0.25) is 5.43 Å². The molecule has 0 atom stereocenters. The van der Waals surface area contributed by atoms with Crippen LogP contribution in [0.1, 0.15) is 17.3 Å². The number of fused-ring (bicyclic) bond motifs is 1. The number of aromatic carboxylic acids is 1. The summed E-state index contributed by atoms with van der Waals surface area (Å²) in [6, 6.07) is 5.65. The Kier molecular flexibility index (Phi) is 7.32. The normalized spacial score (nSPS) is 14.2. The number of rotatable bonds is 5. The van der Waals surface area contributed by atoms with E-state index in [-0.39, 0.29) is 54.7 Å². The van der Waals surface area contributed by atoms with Gasteiger partial charge in [-0.2, -0.15) is 0 Å². The highest BCUT2D eigenvalue weighted by molar-refractivity contribution is 5.94. The lowest BCUT2D eigenvalue weighted by molar-refractivity contribution is -0.118. The minimum Gasteiger partial charge on any atom is -0.477 e. The molecule has 1 aromatic heterocycles. The van der Waals surface area contributed by atoms with Crippen LogP contribution in [0.15, 0.2) is 41.3 Å². The van der Waals surface area contributed by atoms with Crippen molar-refractivity contribution in [2.24, 2.45) is 0 Å². The van der Waals surface area contributed by atoms with Gasteiger partial charge in [-0.05, 0) is 37.3 Å². The second-order valence-electron chi connectivity index (χ2n) is 7.91. The molecule has 0 saturated carbocycles. The van der Waals surface area contributed by atoms with Crippen molar-refractivity contribution >= 4 is 40.7 Å². The number of carbonyl (C=O) groups is 2. The molecule has 34 heavy (non-hydrogen) atoms. The number of pyridine rings is 1. The van der Waals surface area contributed by atoms with E-state index in [9.17, 15) is 23.9 Å². The Balaban J connectivity index is 0.00000324. The molecule has 3 aromatic rings. The van der Waals surface area contributed by atoms with Crippen molar-refractivity contribution in [2.75, 3.05) is 37.6 Å². The topological polar surface area (TPSA) is 82.8 Å². The first kappa shape index (κ1) is 25.3. The lowest BCUT2D eigenvalue weighted by atomic mass is 10.1. The summed E-state index contributed by atoms with van der Waals surface area (Å²) in [7, 11) is 0. The van der Waals surface area contributed by atoms with Crippen molar-refractivity contribution in [3.63, 3.8) is 0 Å². The number of anilines is 1. The SMILES string of the molecule is CC(=O)CN1CCN(c2c(F)cc3c(=O)c(C(=O)O)cn(-c4ccc(F)cc4)c3c2F)CC1.Cl. The number of piperazine rings is 1. The quantitative estimate of drug-likeness (QED) is 0.585. The lowest BCUT2D eigenvalue weighted by Gasteiger charge is -2.36. The summed E-state index contributed by atoms with van der Waals surface area (Å²) < 4.78 is 45.5. The number of hydrogen-bond acceptors (Lipinski definition) is 5. The monoisotopic (exact) mass is 495 g/mol. The van der Waals surface area contributed by atoms with Crippen LogP contribution in [0.3, 0.4) is 0 Å². The molecule has 2 heterocycles. The summed E-state index contributed by atoms with van der Waals surface area (Å²) in [5.41, 5.74) is -2.14. The molecule has 1 aliphatic rings. The Morgan fingerprint density at radius 2 is 1.65 bits per heavy atom. The van der Waals surface area contributed by atoms with E-state index >= 15 is 8.78 Å². The van der Waals surface area contributed by atoms with Gasteiger partial charge in [-0.25, -0.2) is 18.0 Å². The van der Waals surface area contributed by atoms with Crippen LogP contribution < -0.4 is 10.3 Å². The van der Waals surface area contributed by atoms with Crippen LogP contribution in [0.2, 0.25) is 0 Å². The third kappa shape index (κ3) is 4.64. The fraction of sp³-hybridized carbons (Fsp3) is 0.261. The zero-order valence-corrected chi connectivity index (χ0v) is 18.9. The third-order valence-electron chi connectivity index (χ3n) is 5.63. The zero-order chi connectivity index (χ0) is 23.9. The number of hydrogen-bond donors (Lipinski definition) is 1. The van der Waals surface area contributed by atoms with Crippen molar-refractivity contribution < 1.29 is 27.9 Å². The highest BCUT2D eigenvalue weighted by atomic mass is 35.5. The van der Waals surface area contributed by atoms with Gasteiger partial charge in [0.1, 0.15) is 28.7 Å². The number of Topliss-reactive ketones (excluding diaryl/α,β-unsaturated/α-hetero) is 1. The van der Waals surface area contributed by atoms with E-state index in [4.69, 9.17) is 0 Å². The van der Waals surface area contributed by atoms with Gasteiger partial charge in [0.15, 0.2) is 5.82 Å². The summed E-state index contributed by atoms with van der Waals surface area (Å²) in [6.45, 7) is 3.05. The van der Waals surface area contributed by atoms with E-state index in [1.54, 1.807) is 0 Å². The predicted octanol–water partition coefficient (Wildman–Crippen LogP) is 3.24. The smallest absolute Gasteiger partial charge is 0.341 e. The van der Waals surface area contributed by atoms with E-state index in [0.29, 0.717) is 13.1 Å². The van der Waals surface area contributed by atoms with E-state index in [0.717, 1.165) is 29.0 Å². The van der Waals surface area contributed by atoms with Crippen molar-refractivity contribution in [1.29, 1.82) is 0 Å². The van der Waals surface area contributed by atoms with Crippen molar-refractivity contribution in [1.82, 2.24) is 9.47 Å². The molecule has 11 heteroatoms. The van der Waals surface area contributed by atoms with Crippen molar-refractivity contribution in [3.8, 4) is 5.69 Å². The maximum atomic E-state index is 15.8. The Bertz CT molecular complexity index is 1320. The summed E-state index contributed by atoms with van der Waals surface area (Å²) in [5.74, 6) is -4.14. The van der Waals surface area contributed by atoms with E-state index in [1.807, 2.05) is 4.90 Å². The van der Waals surface area contributed by atoms with Gasteiger partial charge in [-0.1, -0.05) is 0 Å². The largest absolute Gasteiger partial charge is 0.477 e. The van der Waals surface area contributed by atoms with Gasteiger partial charge < -0.3 is 14.6 Å². The average Bonchev–Trinajstić information content (AvgIpc) is 2.75. The summed E-state index contributed by atoms with van der Waals surface area (Å²) in [4.78, 5) is 39.0. The van der Waals surface area contributed by atoms with Gasteiger partial charge in [-0.15, -0.1) is 12.4 Å². The zero-order valence-electron chi connectivity index (χ0n) is 18.1. The van der Waals surface area contributed by atoms with Crippen molar-refractivity contribution in [3.05, 3.63) is 69.8 Å². The lowest BCUT2D eigenvalue weighted by Crippen LogP contribution is -2.48. The molecule has 7 nitrogen and oxygen atoms in total. The molecule has 0 spiro atoms. The predicted molar refractivity (Wildman–Crippen MR) is 123 cm³/mol. The molecule has 2 aromatic carbocycles. The Hall–Kier alpha value is -3.37. The molecule has 0 radical (unpaired) electrons. The molecular formula is C23H21ClF3N3O4. The van der Waals surface area contributed by atoms with Crippen molar-refractivity contribution in [2.45, 2.75) is 6.92 Å². The fourth-order valence-electron chi connectivity index (χ4n) is 4.10. The number of benzene rings is 2. The first-order valence-electron chi connectivity index (χ1n) is 10.2. The third-order valence-corrected chi connectivity index (χ3v) is 5.63. The Morgan fingerprint density at radius 3 is 2.21 bits per heavy atom. The van der Waals surface area contributed by atoms with Crippen LogP contribution in [-0.4, -0.2) is 59.0 Å². The van der Waals surface area contributed by atoms with E-state index < -0.39 is 39.8 Å². The second kappa shape index (κ2) is 9.86. The summed E-state index contributed by atoms with van der Waals surface area (Å²) >= 11 is 0. The molecule has 0 amide bonds. The van der Waals surface area contributed by atoms with Crippen LogP contribution in [0.4, 0.5) is 18.9 Å². The van der Waals surface area contributed by atoms with Crippen LogP contribution in [0.5, 0.6) is 0 Å². The van der Waals surface area contributed by atoms with E-state index in [2.05, 4.69) is 0 Å². The minimum atomic E-state index is -1.55. The highest BCUT2D eigenvalue weighted by Gasteiger charge is 2.27. The van der Waals surface area contributed by atoms with E-state index in [1.165, 1.54) is 24.0 Å². The van der Waals surface area contributed by atoms with Gasteiger partial charge in [-0.3, -0.25) is 14.5 Å². The maximum Gasteiger partial charge on any atom is 0.341 e. The van der Waals surface area contributed by atoms with Gasteiger partial charge in [0.25, 0.3) is 0 Å². The van der Waals surface area contributed by atoms with Gasteiger partial charge in [0, 0.05) is 38.1 Å². The number of nitrogens with zero attached hydrogens (tertiary/aromatic N) is 3. The highest BCUT2D eigenvalue weighted by Crippen LogP contribution is 2.32. The van der Waals surface area contributed by atoms with Gasteiger partial charge in [0.05, 0.1) is 17.4 Å². The minimum absolute atomic E-state index is 0. The molecular weight excluding hydrogens is 475 g/mol. The molecule has 0 unspecified atom stereocenters. The first-order valence-corrected chi connectivity index (χ1v) is 10.2. The molecule has 0 aliphatic carbocycles. The number of ketones is 1. The maximum absolute atomic E-state index is 15.8. The molecule has 1 fully saturated rings. The summed E-state index contributed by atoms with van der Waals surface area (Å²) in [5, 5.41) is 8.99. The van der Waals surface area contributed by atoms with Crippen LogP contribution in [0.25, 0.3) is 16.6 Å². The van der Waals surface area contributed by atoms with Crippen LogP contribution >= 0.6 is 12.4 Å².